The molecular formula is C47H59ClF3N7O3S3. The number of hydrogen-bond acceptors (Lipinski definition) is 11. The van der Waals surface area contributed by atoms with Crippen molar-refractivity contribution in [2.75, 3.05) is 88.0 Å². The van der Waals surface area contributed by atoms with Crippen molar-refractivity contribution in [2.45, 2.75) is 60.2 Å². The molecular weight excluding hydrogens is 899 g/mol. The van der Waals surface area contributed by atoms with Gasteiger partial charge < -0.3 is 15.1 Å². The molecule has 4 N–H and O–H groups in total. The minimum Gasteiger partial charge on any atom is -0.383 e. The molecule has 4 aromatic carbocycles. The Labute approximate surface area is 390 Å². The van der Waals surface area contributed by atoms with Gasteiger partial charge in [-0.15, -0.1) is 11.8 Å². The largest absolute Gasteiger partial charge is 0.501 e. The highest BCUT2D eigenvalue weighted by Gasteiger charge is 2.48. The van der Waals surface area contributed by atoms with Gasteiger partial charge in [-0.05, 0) is 121 Å². The van der Waals surface area contributed by atoms with E-state index in [0.717, 1.165) is 118 Å². The molecule has 3 aliphatic rings. The summed E-state index contributed by atoms with van der Waals surface area (Å²) in [5.74, 6) is 5.60. The number of allylic oxidation sites excluding steroid dienone is 1. The Balaban J connectivity index is 0.000000673. The molecule has 0 atom stereocenters. The van der Waals surface area contributed by atoms with E-state index in [1.165, 1.54) is 40.6 Å². The monoisotopic (exact) mass is 957 g/mol. The van der Waals surface area contributed by atoms with Crippen LogP contribution in [-0.2, 0) is 9.84 Å². The molecule has 64 heavy (non-hydrogen) atoms. The van der Waals surface area contributed by atoms with Crippen LogP contribution < -0.4 is 20.8 Å². The van der Waals surface area contributed by atoms with Crippen LogP contribution in [0.2, 0.25) is 5.02 Å². The first-order chi connectivity index (χ1) is 30.5. The number of sulfone groups is 1. The van der Waals surface area contributed by atoms with E-state index in [1.54, 1.807) is 12.1 Å². The van der Waals surface area contributed by atoms with Crippen LogP contribution in [0.3, 0.4) is 0 Å². The topological polar surface area (TPSA) is 114 Å². The zero-order valence-electron chi connectivity index (χ0n) is 36.7. The molecule has 4 aromatic rings. The number of carbonyl (C=O) groups is 1. The van der Waals surface area contributed by atoms with Crippen LogP contribution in [0.15, 0.2) is 117 Å². The molecule has 17 heteroatoms. The summed E-state index contributed by atoms with van der Waals surface area (Å²) in [6.07, 6.45) is 3.28. The number of amides is 1. The number of alkyl halides is 3. The third kappa shape index (κ3) is 13.9. The lowest BCUT2D eigenvalue weighted by molar-refractivity contribution is -0.0435. The summed E-state index contributed by atoms with van der Waals surface area (Å²) in [5.41, 5.74) is 0.177. The first-order valence-electron chi connectivity index (χ1n) is 21.6. The van der Waals surface area contributed by atoms with E-state index in [-0.39, 0.29) is 22.5 Å². The molecule has 0 saturated carbocycles. The first kappa shape index (κ1) is 49.7. The number of halogens is 4. The number of nitrogens with one attached hydrogen (secondary N) is 2. The molecule has 10 nitrogen and oxygen atoms in total. The van der Waals surface area contributed by atoms with Gasteiger partial charge in [-0.25, -0.2) is 13.4 Å². The van der Waals surface area contributed by atoms with Gasteiger partial charge in [0.25, 0.3) is 15.7 Å². The van der Waals surface area contributed by atoms with Crippen LogP contribution in [0.4, 0.5) is 24.5 Å². The molecule has 346 valence electrons. The van der Waals surface area contributed by atoms with Crippen molar-refractivity contribution in [3.63, 3.8) is 0 Å². The minimum absolute atomic E-state index is 0.141. The van der Waals surface area contributed by atoms with Gasteiger partial charge in [0.2, 0.25) is 0 Å². The number of benzene rings is 4. The third-order valence-corrected chi connectivity index (χ3v) is 15.3. The van der Waals surface area contributed by atoms with Crippen molar-refractivity contribution in [3.05, 3.63) is 119 Å². The summed E-state index contributed by atoms with van der Waals surface area (Å²) in [4.78, 5) is 20.5. The number of piperazine rings is 2. The summed E-state index contributed by atoms with van der Waals surface area (Å²) in [7, 11) is -5.67. The lowest BCUT2D eigenvalue weighted by Crippen LogP contribution is -2.49. The molecule has 0 unspecified atom stereocenters. The SMILES string of the molecule is CC1(C)CCC(c2ccc(Cl)cc2)=C(CN2CCN(c3ccc(C(=O)NSc4ccc(NCCSc5ccccc5)c(S(=O)(=O)C(F)(F)F)c4)cc3)CC2)C1.CCN1CCN(N)CC1. The Bertz CT molecular complexity index is 2290. The highest BCUT2D eigenvalue weighted by atomic mass is 35.5. The van der Waals surface area contributed by atoms with Crippen LogP contribution in [0.25, 0.3) is 5.57 Å². The standard InChI is InChI=1S/C41H44ClF3N4O3S3.C6H15N3/c1-40(2)19-18-36(29-8-12-32(42)13-9-29)31(27-40)28-48-21-23-49(24-22-48)33-14-10-30(11-15-33)39(50)47-54-35-16-17-37(38(26-35)55(51,52)41(43,44)45)46-20-25-53-34-6-4-3-5-7-34;1-2-8-3-5-9(7)6-4-8/h3-17,26,46H,18-25,27-28H2,1-2H3,(H,47,50);2-7H2,1H3. The van der Waals surface area contributed by atoms with E-state index >= 15 is 0 Å². The fourth-order valence-electron chi connectivity index (χ4n) is 8.00. The van der Waals surface area contributed by atoms with Crippen molar-refractivity contribution < 1.29 is 26.4 Å². The maximum absolute atomic E-state index is 13.7. The van der Waals surface area contributed by atoms with Crippen molar-refractivity contribution >= 4 is 68.0 Å². The van der Waals surface area contributed by atoms with E-state index in [0.29, 0.717) is 11.3 Å². The second-order valence-corrected chi connectivity index (χ2v) is 21.3. The Hall–Kier alpha value is -3.74. The highest BCUT2D eigenvalue weighted by Crippen LogP contribution is 2.43. The average Bonchev–Trinajstić information content (AvgIpc) is 3.28. The fourth-order valence-corrected chi connectivity index (χ4v) is 10.6. The molecule has 0 radical (unpaired) electrons. The maximum atomic E-state index is 13.7. The van der Waals surface area contributed by atoms with Gasteiger partial charge in [0.05, 0.1) is 5.69 Å². The number of rotatable bonds is 14. The normalized spacial score (nSPS) is 17.7. The van der Waals surface area contributed by atoms with Crippen LogP contribution in [0.5, 0.6) is 0 Å². The Morgan fingerprint density at radius 1 is 0.844 bits per heavy atom. The number of nitrogens with two attached hydrogens (primary N) is 1. The predicted octanol–water partition coefficient (Wildman–Crippen LogP) is 9.56. The van der Waals surface area contributed by atoms with Gasteiger partial charge >= 0.3 is 5.51 Å². The van der Waals surface area contributed by atoms with Crippen molar-refractivity contribution in [1.29, 1.82) is 0 Å². The average molecular weight is 959 g/mol. The summed E-state index contributed by atoms with van der Waals surface area (Å²) >= 11 is 8.42. The minimum atomic E-state index is -5.67. The number of carbonyl (C=O) groups excluding carboxylic acids is 1. The van der Waals surface area contributed by atoms with Crippen molar-refractivity contribution in [2.24, 2.45) is 11.3 Å². The molecule has 0 aromatic heterocycles. The first-order valence-corrected chi connectivity index (χ1v) is 25.3. The zero-order valence-corrected chi connectivity index (χ0v) is 39.9. The fraction of sp³-hybridized carbons (Fsp3) is 0.426. The van der Waals surface area contributed by atoms with Crippen molar-refractivity contribution in [1.82, 2.24) is 19.5 Å². The second-order valence-electron chi connectivity index (χ2n) is 16.9. The van der Waals surface area contributed by atoms with Gasteiger partial charge in [-0.1, -0.05) is 68.3 Å². The Kier molecular flexibility index (Phi) is 17.6. The summed E-state index contributed by atoms with van der Waals surface area (Å²) in [6, 6.07) is 28.6. The van der Waals surface area contributed by atoms with Crippen molar-refractivity contribution in [3.8, 4) is 0 Å². The number of hydrogen-bond donors (Lipinski definition) is 3. The van der Waals surface area contributed by atoms with E-state index < -0.39 is 26.1 Å². The summed E-state index contributed by atoms with van der Waals surface area (Å²) < 4.78 is 68.7. The Morgan fingerprint density at radius 2 is 1.50 bits per heavy atom. The molecule has 2 aliphatic heterocycles. The molecule has 7 rings (SSSR count). The highest BCUT2D eigenvalue weighted by molar-refractivity contribution is 7.99. The quantitative estimate of drug-likeness (QED) is 0.0486. The van der Waals surface area contributed by atoms with Crippen LogP contribution in [-0.4, -0.2) is 112 Å². The lowest BCUT2D eigenvalue weighted by atomic mass is 9.73. The van der Waals surface area contributed by atoms with E-state index in [4.69, 9.17) is 17.4 Å². The van der Waals surface area contributed by atoms with Gasteiger partial charge in [-0.3, -0.25) is 20.3 Å². The predicted molar refractivity (Wildman–Crippen MR) is 258 cm³/mol. The molecule has 2 fully saturated rings. The summed E-state index contributed by atoms with van der Waals surface area (Å²) in [5, 5.41) is 5.46. The van der Waals surface area contributed by atoms with E-state index in [2.05, 4.69) is 57.6 Å². The number of thioether (sulfide) groups is 1. The number of anilines is 2. The van der Waals surface area contributed by atoms with Gasteiger partial charge in [-0.2, -0.15) is 13.2 Å². The maximum Gasteiger partial charge on any atom is 0.501 e. The van der Waals surface area contributed by atoms with Gasteiger partial charge in [0.15, 0.2) is 0 Å². The number of likely N-dealkylation sites (N-methyl/N-ethyl adjacent to an activating group) is 1. The zero-order chi connectivity index (χ0) is 45.9. The molecule has 1 aliphatic carbocycles. The number of nitrogens with zero attached hydrogens (tertiary/aromatic N) is 4. The molecule has 0 spiro atoms. The molecule has 1 amide bonds. The molecule has 2 heterocycles. The molecule has 0 bridgehead atoms. The smallest absolute Gasteiger partial charge is 0.383 e. The van der Waals surface area contributed by atoms with Crippen LogP contribution in [0.1, 0.15) is 56.0 Å². The van der Waals surface area contributed by atoms with Crippen LogP contribution in [0, 0.1) is 5.41 Å². The lowest BCUT2D eigenvalue weighted by Gasteiger charge is -2.39. The summed E-state index contributed by atoms with van der Waals surface area (Å²) in [6.45, 7) is 17.0. The number of hydrazine groups is 1. The van der Waals surface area contributed by atoms with E-state index in [1.807, 2.05) is 59.6 Å². The Morgan fingerprint density at radius 3 is 2.14 bits per heavy atom. The second kappa shape index (κ2) is 22.6. The van der Waals surface area contributed by atoms with E-state index in [9.17, 15) is 26.4 Å². The van der Waals surface area contributed by atoms with Gasteiger partial charge in [0.1, 0.15) is 4.90 Å². The third-order valence-electron chi connectivity index (χ3n) is 11.7. The van der Waals surface area contributed by atoms with Gasteiger partial charge in [0, 0.05) is 97.3 Å². The molecule has 2 saturated heterocycles. The van der Waals surface area contributed by atoms with Crippen LogP contribution >= 0.6 is 35.3 Å².